The number of carboxylic acid groups (broad SMARTS) is 1. The number of benzene rings is 2. The zero-order valence-corrected chi connectivity index (χ0v) is 25.9. The van der Waals surface area contributed by atoms with Crippen molar-refractivity contribution in [1.82, 2.24) is 4.90 Å². The standard InChI is InChI=1S/C36H48N2O5/c1-3-5-7-11-25(12-8-6-4-2)32(39)24-37-23-29(26-15-16-33-28(21-26)18-20-43-33)35(36(41)42)31(37)17-19-38-30-14-10-9-13-27(30)22-34(38)40/h9-10,13-16,21,25,29,31,35H,3-8,11-12,17-20,22-24H2,1-2H3,(H,41,42)/t29-,31+,35-/m1/s1. The van der Waals surface area contributed by atoms with Gasteiger partial charge in [0.1, 0.15) is 11.5 Å². The van der Waals surface area contributed by atoms with Gasteiger partial charge in [0.25, 0.3) is 0 Å². The van der Waals surface area contributed by atoms with Gasteiger partial charge >= 0.3 is 5.97 Å². The van der Waals surface area contributed by atoms with Gasteiger partial charge in [-0.25, -0.2) is 0 Å². The first-order chi connectivity index (χ1) is 20.9. The van der Waals surface area contributed by atoms with Crippen LogP contribution in [0.1, 0.15) is 94.2 Å². The smallest absolute Gasteiger partial charge is 0.308 e. The number of ketones is 1. The predicted octanol–water partition coefficient (Wildman–Crippen LogP) is 6.42. The molecule has 0 aromatic heterocycles. The topological polar surface area (TPSA) is 87.2 Å². The van der Waals surface area contributed by atoms with Crippen LogP contribution in [0.5, 0.6) is 5.75 Å². The van der Waals surface area contributed by atoms with E-state index in [-0.39, 0.29) is 36.1 Å². The number of amides is 1. The van der Waals surface area contributed by atoms with Crippen LogP contribution in [0.4, 0.5) is 5.69 Å². The second-order valence-electron chi connectivity index (χ2n) is 12.7. The highest BCUT2D eigenvalue weighted by Crippen LogP contribution is 2.42. The van der Waals surface area contributed by atoms with E-state index in [9.17, 15) is 19.5 Å². The van der Waals surface area contributed by atoms with Crippen LogP contribution in [0, 0.1) is 11.8 Å². The van der Waals surface area contributed by atoms with E-state index in [1.54, 1.807) is 0 Å². The molecule has 3 heterocycles. The number of hydrogen-bond acceptors (Lipinski definition) is 5. The Morgan fingerprint density at radius 2 is 1.74 bits per heavy atom. The molecule has 0 spiro atoms. The van der Waals surface area contributed by atoms with Gasteiger partial charge < -0.3 is 14.7 Å². The zero-order chi connectivity index (χ0) is 30.3. The lowest BCUT2D eigenvalue weighted by Crippen LogP contribution is -2.43. The molecule has 232 valence electrons. The molecule has 7 heteroatoms. The van der Waals surface area contributed by atoms with Crippen molar-refractivity contribution in [3.63, 3.8) is 0 Å². The number of aliphatic carboxylic acids is 1. The van der Waals surface area contributed by atoms with Crippen molar-refractivity contribution >= 4 is 23.3 Å². The largest absolute Gasteiger partial charge is 0.493 e. The maximum atomic E-state index is 13.9. The van der Waals surface area contributed by atoms with E-state index in [0.717, 1.165) is 85.9 Å². The number of carbonyl (C=O) groups is 3. The number of likely N-dealkylation sites (tertiary alicyclic amines) is 1. The Bertz CT molecular complexity index is 1280. The van der Waals surface area contributed by atoms with Crippen LogP contribution >= 0.6 is 0 Å². The summed E-state index contributed by atoms with van der Waals surface area (Å²) in [6.07, 6.45) is 10.1. The molecule has 2 aromatic rings. The van der Waals surface area contributed by atoms with Crippen LogP contribution in [-0.2, 0) is 27.2 Å². The maximum Gasteiger partial charge on any atom is 0.308 e. The molecule has 3 atom stereocenters. The molecule has 1 N–H and O–H groups in total. The second-order valence-corrected chi connectivity index (χ2v) is 12.7. The van der Waals surface area contributed by atoms with E-state index in [1.807, 2.05) is 41.3 Å². The fraction of sp³-hybridized carbons (Fsp3) is 0.583. The SMILES string of the molecule is CCCCCC(CCCCC)C(=O)CN1C[C@H](c2ccc3c(c2)CCO3)[C@@H](C(=O)O)[C@@H]1CCN1C(=O)Cc2ccccc21. The molecule has 1 fully saturated rings. The highest BCUT2D eigenvalue weighted by Gasteiger charge is 2.47. The average Bonchev–Trinajstić information content (AvgIpc) is 3.70. The summed E-state index contributed by atoms with van der Waals surface area (Å²) in [5, 5.41) is 10.6. The van der Waals surface area contributed by atoms with Crippen molar-refractivity contribution in [3.05, 3.63) is 59.2 Å². The summed E-state index contributed by atoms with van der Waals surface area (Å²) in [6.45, 7) is 6.25. The minimum absolute atomic E-state index is 0.0188. The van der Waals surface area contributed by atoms with Crippen LogP contribution in [0.15, 0.2) is 42.5 Å². The average molecular weight is 589 g/mol. The third-order valence-electron chi connectivity index (χ3n) is 9.88. The van der Waals surface area contributed by atoms with E-state index >= 15 is 0 Å². The molecule has 43 heavy (non-hydrogen) atoms. The molecular weight excluding hydrogens is 540 g/mol. The number of Topliss-reactive ketones (excluding diaryl/α,β-unsaturated/α-hetero) is 1. The molecule has 0 unspecified atom stereocenters. The first kappa shape index (κ1) is 31.2. The number of carbonyl (C=O) groups excluding carboxylic acids is 2. The number of rotatable bonds is 16. The van der Waals surface area contributed by atoms with Crippen LogP contribution in [0.2, 0.25) is 0 Å². The van der Waals surface area contributed by atoms with Gasteiger partial charge in [0.15, 0.2) is 0 Å². The number of fused-ring (bicyclic) bond motifs is 2. The van der Waals surface area contributed by atoms with Gasteiger partial charge in [0.2, 0.25) is 5.91 Å². The van der Waals surface area contributed by atoms with Crippen molar-refractivity contribution in [3.8, 4) is 5.75 Å². The third-order valence-corrected chi connectivity index (χ3v) is 9.88. The fourth-order valence-corrected chi connectivity index (χ4v) is 7.53. The summed E-state index contributed by atoms with van der Waals surface area (Å²) in [7, 11) is 0. The van der Waals surface area contributed by atoms with Gasteiger partial charge in [-0.15, -0.1) is 0 Å². The Hall–Kier alpha value is -3.19. The fourth-order valence-electron chi connectivity index (χ4n) is 7.53. The number of ether oxygens (including phenoxy) is 1. The lowest BCUT2D eigenvalue weighted by molar-refractivity contribution is -0.143. The molecule has 2 aromatic carbocycles. The molecule has 3 aliphatic heterocycles. The van der Waals surface area contributed by atoms with Crippen LogP contribution < -0.4 is 9.64 Å². The van der Waals surface area contributed by atoms with Gasteiger partial charge in [-0.05, 0) is 48.1 Å². The lowest BCUT2D eigenvalue weighted by Gasteiger charge is -2.29. The Kier molecular flexibility index (Phi) is 10.6. The van der Waals surface area contributed by atoms with Crippen molar-refractivity contribution in [2.75, 3.05) is 31.1 Å². The number of unbranched alkanes of at least 4 members (excludes halogenated alkanes) is 4. The molecule has 0 radical (unpaired) electrons. The van der Waals surface area contributed by atoms with Crippen molar-refractivity contribution in [1.29, 1.82) is 0 Å². The molecule has 0 aliphatic carbocycles. The molecular formula is C36H48N2O5. The van der Waals surface area contributed by atoms with E-state index in [2.05, 4.69) is 24.8 Å². The summed E-state index contributed by atoms with van der Waals surface area (Å²) < 4.78 is 5.72. The van der Waals surface area contributed by atoms with E-state index in [0.29, 0.717) is 32.5 Å². The van der Waals surface area contributed by atoms with Gasteiger partial charge in [0.05, 0.1) is 25.5 Å². The molecule has 1 saturated heterocycles. The summed E-state index contributed by atoms with van der Waals surface area (Å²) in [4.78, 5) is 43.8. The van der Waals surface area contributed by atoms with Crippen LogP contribution in [0.25, 0.3) is 0 Å². The first-order valence-electron chi connectivity index (χ1n) is 16.5. The number of anilines is 1. The number of carboxylic acids is 1. The van der Waals surface area contributed by atoms with Gasteiger partial charge in [-0.3, -0.25) is 19.3 Å². The molecule has 1 amide bonds. The number of nitrogens with zero attached hydrogens (tertiary/aromatic N) is 2. The predicted molar refractivity (Wildman–Crippen MR) is 169 cm³/mol. The molecule has 0 bridgehead atoms. The highest BCUT2D eigenvalue weighted by molar-refractivity contribution is 6.01. The Labute approximate surface area is 256 Å². The zero-order valence-electron chi connectivity index (χ0n) is 25.9. The minimum atomic E-state index is -0.836. The van der Waals surface area contributed by atoms with E-state index < -0.39 is 11.9 Å². The number of hydrogen-bond donors (Lipinski definition) is 1. The monoisotopic (exact) mass is 588 g/mol. The Balaban J connectivity index is 1.39. The maximum absolute atomic E-state index is 13.9. The highest BCUT2D eigenvalue weighted by atomic mass is 16.5. The van der Waals surface area contributed by atoms with E-state index in [1.165, 1.54) is 0 Å². The molecule has 7 nitrogen and oxygen atoms in total. The number of para-hydroxylation sites is 1. The molecule has 0 saturated carbocycles. The summed E-state index contributed by atoms with van der Waals surface area (Å²) in [5.74, 6) is -0.545. The van der Waals surface area contributed by atoms with E-state index in [4.69, 9.17) is 4.74 Å². The van der Waals surface area contributed by atoms with Crippen LogP contribution in [-0.4, -0.2) is 59.9 Å². The quantitative estimate of drug-likeness (QED) is 0.228. The summed E-state index contributed by atoms with van der Waals surface area (Å²) in [6, 6.07) is 13.6. The lowest BCUT2D eigenvalue weighted by atomic mass is 9.83. The second kappa shape index (κ2) is 14.5. The van der Waals surface area contributed by atoms with Gasteiger partial charge in [-0.2, -0.15) is 0 Å². The minimum Gasteiger partial charge on any atom is -0.493 e. The van der Waals surface area contributed by atoms with Crippen molar-refractivity contribution in [2.24, 2.45) is 11.8 Å². The Morgan fingerprint density at radius 1 is 1.00 bits per heavy atom. The Morgan fingerprint density at radius 3 is 2.47 bits per heavy atom. The van der Waals surface area contributed by atoms with Gasteiger partial charge in [-0.1, -0.05) is 82.7 Å². The first-order valence-corrected chi connectivity index (χ1v) is 16.5. The van der Waals surface area contributed by atoms with Gasteiger partial charge in [0, 0.05) is 43.1 Å². The van der Waals surface area contributed by atoms with Crippen LogP contribution in [0.3, 0.4) is 0 Å². The molecule has 5 rings (SSSR count). The summed E-state index contributed by atoms with van der Waals surface area (Å²) >= 11 is 0. The summed E-state index contributed by atoms with van der Waals surface area (Å²) in [5.41, 5.74) is 4.06. The van der Waals surface area contributed by atoms with Crippen molar-refractivity contribution < 1.29 is 24.2 Å². The molecule has 3 aliphatic rings. The van der Waals surface area contributed by atoms with Crippen molar-refractivity contribution in [2.45, 2.75) is 96.4 Å². The third kappa shape index (κ3) is 7.14. The normalized spacial score (nSPS) is 21.3.